The molecule has 0 spiro atoms. The number of hydrogen-bond donors (Lipinski definition) is 1. The molecule has 1 atom stereocenters. The van der Waals surface area contributed by atoms with Gasteiger partial charge in [0, 0.05) is 25.2 Å². The van der Waals surface area contributed by atoms with Crippen molar-refractivity contribution < 1.29 is 14.7 Å². The SMILES string of the molecule is Cc1nn(C)c(C)c1C[C@@H](C)C(=O)N(CC(=O)O)CC(C)C. The number of carboxylic acids is 1. The lowest BCUT2D eigenvalue weighted by Crippen LogP contribution is -2.41. The molecule has 1 heterocycles. The van der Waals surface area contributed by atoms with Crippen molar-refractivity contribution in [2.75, 3.05) is 13.1 Å². The molecule has 0 aliphatic carbocycles. The van der Waals surface area contributed by atoms with Gasteiger partial charge < -0.3 is 10.0 Å². The zero-order valence-corrected chi connectivity index (χ0v) is 14.4. The summed E-state index contributed by atoms with van der Waals surface area (Å²) in [6, 6.07) is 0. The molecule has 1 amide bonds. The number of hydrogen-bond acceptors (Lipinski definition) is 3. The third-order valence-corrected chi connectivity index (χ3v) is 3.81. The number of aliphatic carboxylic acids is 1. The fourth-order valence-electron chi connectivity index (χ4n) is 2.65. The molecule has 0 radical (unpaired) electrons. The van der Waals surface area contributed by atoms with E-state index >= 15 is 0 Å². The first-order valence-corrected chi connectivity index (χ1v) is 7.63. The van der Waals surface area contributed by atoms with Crippen LogP contribution in [-0.4, -0.2) is 44.8 Å². The fourth-order valence-corrected chi connectivity index (χ4v) is 2.65. The Balaban J connectivity index is 2.86. The molecule has 0 saturated heterocycles. The van der Waals surface area contributed by atoms with Crippen LogP contribution in [0.5, 0.6) is 0 Å². The number of carbonyl (C=O) groups is 2. The summed E-state index contributed by atoms with van der Waals surface area (Å²) in [6.07, 6.45) is 0.582. The minimum atomic E-state index is -0.977. The Morgan fingerprint density at radius 1 is 1.27 bits per heavy atom. The minimum Gasteiger partial charge on any atom is -0.480 e. The second-order valence-corrected chi connectivity index (χ2v) is 6.38. The van der Waals surface area contributed by atoms with E-state index < -0.39 is 5.97 Å². The number of nitrogens with zero attached hydrogens (tertiary/aromatic N) is 3. The van der Waals surface area contributed by atoms with Gasteiger partial charge in [-0.05, 0) is 31.7 Å². The van der Waals surface area contributed by atoms with Crippen LogP contribution < -0.4 is 0 Å². The van der Waals surface area contributed by atoms with Crippen LogP contribution in [0.4, 0.5) is 0 Å². The van der Waals surface area contributed by atoms with Gasteiger partial charge in [-0.25, -0.2) is 0 Å². The average Bonchev–Trinajstić information content (AvgIpc) is 2.62. The van der Waals surface area contributed by atoms with Crippen molar-refractivity contribution >= 4 is 11.9 Å². The molecule has 1 N–H and O–H groups in total. The van der Waals surface area contributed by atoms with E-state index in [1.807, 2.05) is 46.3 Å². The largest absolute Gasteiger partial charge is 0.480 e. The third kappa shape index (κ3) is 4.58. The normalized spacial score (nSPS) is 12.5. The molecular formula is C16H27N3O3. The Morgan fingerprint density at radius 2 is 1.86 bits per heavy atom. The highest BCUT2D eigenvalue weighted by Crippen LogP contribution is 2.18. The van der Waals surface area contributed by atoms with Crippen molar-refractivity contribution in [3.8, 4) is 0 Å². The molecule has 6 heteroatoms. The number of amides is 1. The van der Waals surface area contributed by atoms with Gasteiger partial charge in [-0.1, -0.05) is 20.8 Å². The van der Waals surface area contributed by atoms with Gasteiger partial charge in [0.05, 0.1) is 5.69 Å². The molecular weight excluding hydrogens is 282 g/mol. The van der Waals surface area contributed by atoms with Gasteiger partial charge in [-0.2, -0.15) is 5.10 Å². The average molecular weight is 309 g/mol. The fraction of sp³-hybridized carbons (Fsp3) is 0.688. The van der Waals surface area contributed by atoms with Crippen molar-refractivity contribution in [3.05, 3.63) is 17.0 Å². The highest BCUT2D eigenvalue weighted by Gasteiger charge is 2.25. The van der Waals surface area contributed by atoms with Crippen LogP contribution in [0.25, 0.3) is 0 Å². The van der Waals surface area contributed by atoms with E-state index in [2.05, 4.69) is 5.10 Å². The minimum absolute atomic E-state index is 0.112. The lowest BCUT2D eigenvalue weighted by Gasteiger charge is -2.26. The smallest absolute Gasteiger partial charge is 0.323 e. The second-order valence-electron chi connectivity index (χ2n) is 6.38. The molecule has 1 aromatic heterocycles. The van der Waals surface area contributed by atoms with Crippen molar-refractivity contribution in [2.45, 2.75) is 41.0 Å². The highest BCUT2D eigenvalue weighted by atomic mass is 16.4. The van der Waals surface area contributed by atoms with E-state index in [0.717, 1.165) is 17.0 Å². The van der Waals surface area contributed by atoms with Gasteiger partial charge in [-0.15, -0.1) is 0 Å². The standard InChI is InChI=1S/C16H27N3O3/c1-10(2)8-19(9-15(20)21)16(22)11(3)7-14-12(4)17-18(6)13(14)5/h10-11H,7-9H2,1-6H3,(H,20,21)/t11-/m1/s1. The maximum absolute atomic E-state index is 12.6. The lowest BCUT2D eigenvalue weighted by atomic mass is 9.98. The van der Waals surface area contributed by atoms with Gasteiger partial charge in [0.2, 0.25) is 5.91 Å². The molecule has 0 unspecified atom stereocenters. The Kier molecular flexibility index (Phi) is 6.14. The summed E-state index contributed by atoms with van der Waals surface area (Å²) in [7, 11) is 1.88. The lowest BCUT2D eigenvalue weighted by molar-refractivity contribution is -0.146. The van der Waals surface area contributed by atoms with Crippen molar-refractivity contribution in [1.29, 1.82) is 0 Å². The molecule has 0 fully saturated rings. The Hall–Kier alpha value is -1.85. The molecule has 0 aromatic carbocycles. The molecule has 1 rings (SSSR count). The molecule has 0 aliphatic rings. The van der Waals surface area contributed by atoms with Crippen LogP contribution in [0, 0.1) is 25.7 Å². The predicted octanol–water partition coefficient (Wildman–Crippen LogP) is 1.78. The van der Waals surface area contributed by atoms with E-state index in [1.165, 1.54) is 4.90 Å². The van der Waals surface area contributed by atoms with Gasteiger partial charge in [0.25, 0.3) is 0 Å². The topological polar surface area (TPSA) is 75.4 Å². The number of carboxylic acid groups (broad SMARTS) is 1. The van der Waals surface area contributed by atoms with Crippen molar-refractivity contribution in [1.82, 2.24) is 14.7 Å². The summed E-state index contributed by atoms with van der Waals surface area (Å²) in [4.78, 5) is 25.0. The van der Waals surface area contributed by atoms with Crippen LogP contribution >= 0.6 is 0 Å². The van der Waals surface area contributed by atoms with Gasteiger partial charge in [-0.3, -0.25) is 14.3 Å². The van der Waals surface area contributed by atoms with Crippen molar-refractivity contribution in [3.63, 3.8) is 0 Å². The summed E-state index contributed by atoms with van der Waals surface area (Å²) in [5, 5.41) is 13.4. The molecule has 0 aliphatic heterocycles. The third-order valence-electron chi connectivity index (χ3n) is 3.81. The quantitative estimate of drug-likeness (QED) is 0.833. The van der Waals surface area contributed by atoms with Gasteiger partial charge in [0.15, 0.2) is 0 Å². The number of carbonyl (C=O) groups excluding carboxylic acids is 1. The highest BCUT2D eigenvalue weighted by molar-refractivity contribution is 5.83. The van der Waals surface area contributed by atoms with Gasteiger partial charge in [0.1, 0.15) is 6.54 Å². The molecule has 1 aromatic rings. The molecule has 124 valence electrons. The first kappa shape index (κ1) is 18.2. The van der Waals surface area contributed by atoms with Crippen molar-refractivity contribution in [2.24, 2.45) is 18.9 Å². The summed E-state index contributed by atoms with van der Waals surface area (Å²) in [6.45, 7) is 9.93. The Morgan fingerprint density at radius 3 is 2.27 bits per heavy atom. The van der Waals surface area contributed by atoms with E-state index in [0.29, 0.717) is 13.0 Å². The van der Waals surface area contributed by atoms with Gasteiger partial charge >= 0.3 is 5.97 Å². The van der Waals surface area contributed by atoms with Crippen LogP contribution in [0.2, 0.25) is 0 Å². The van der Waals surface area contributed by atoms with Crippen LogP contribution in [-0.2, 0) is 23.1 Å². The summed E-state index contributed by atoms with van der Waals surface area (Å²) in [5.74, 6) is -1.12. The van der Waals surface area contributed by atoms with E-state index in [-0.39, 0.29) is 24.3 Å². The monoisotopic (exact) mass is 309 g/mol. The maximum atomic E-state index is 12.6. The maximum Gasteiger partial charge on any atom is 0.323 e. The predicted molar refractivity (Wildman–Crippen MR) is 84.6 cm³/mol. The number of aromatic nitrogens is 2. The first-order valence-electron chi connectivity index (χ1n) is 7.63. The summed E-state index contributed by atoms with van der Waals surface area (Å²) in [5.41, 5.74) is 3.04. The zero-order chi connectivity index (χ0) is 17.0. The molecule has 22 heavy (non-hydrogen) atoms. The molecule has 0 bridgehead atoms. The van der Waals surface area contributed by atoms with Crippen LogP contribution in [0.15, 0.2) is 0 Å². The first-order chi connectivity index (χ1) is 10.1. The summed E-state index contributed by atoms with van der Waals surface area (Å²) >= 11 is 0. The Labute approximate surface area is 132 Å². The van der Waals surface area contributed by atoms with Crippen LogP contribution in [0.3, 0.4) is 0 Å². The number of rotatable bonds is 7. The zero-order valence-electron chi connectivity index (χ0n) is 14.4. The summed E-state index contributed by atoms with van der Waals surface area (Å²) < 4.78 is 1.81. The molecule has 6 nitrogen and oxygen atoms in total. The van der Waals surface area contributed by atoms with E-state index in [1.54, 1.807) is 0 Å². The van der Waals surface area contributed by atoms with E-state index in [9.17, 15) is 9.59 Å². The number of aryl methyl sites for hydroxylation is 2. The van der Waals surface area contributed by atoms with Crippen LogP contribution in [0.1, 0.15) is 37.7 Å². The Bertz CT molecular complexity index is 549. The van der Waals surface area contributed by atoms with E-state index in [4.69, 9.17) is 5.11 Å². The molecule has 0 saturated carbocycles. The second kappa shape index (κ2) is 7.42.